The van der Waals surface area contributed by atoms with Crippen LogP contribution in [0.5, 0.6) is 17.2 Å². The van der Waals surface area contributed by atoms with E-state index in [1.54, 1.807) is 56.8 Å². The first-order valence-corrected chi connectivity index (χ1v) is 9.02. The monoisotopic (exact) mass is 390 g/mol. The third-order valence-electron chi connectivity index (χ3n) is 4.07. The van der Waals surface area contributed by atoms with Crippen LogP contribution in [0.2, 0.25) is 0 Å². The van der Waals surface area contributed by atoms with Gasteiger partial charge in [0, 0.05) is 29.6 Å². The van der Waals surface area contributed by atoms with Crippen LogP contribution < -0.4 is 19.5 Å². The second-order valence-corrected chi connectivity index (χ2v) is 6.07. The molecule has 0 unspecified atom stereocenters. The number of rotatable bonds is 8. The molecule has 29 heavy (non-hydrogen) atoms. The molecule has 6 nitrogen and oxygen atoms in total. The van der Waals surface area contributed by atoms with Gasteiger partial charge in [-0.05, 0) is 48.5 Å². The van der Waals surface area contributed by atoms with Gasteiger partial charge in [0.1, 0.15) is 23.9 Å². The van der Waals surface area contributed by atoms with Gasteiger partial charge < -0.3 is 19.5 Å². The number of hydrogen-bond donors (Lipinski definition) is 1. The predicted molar refractivity (Wildman–Crippen MR) is 112 cm³/mol. The Morgan fingerprint density at radius 1 is 1.00 bits per heavy atom. The van der Waals surface area contributed by atoms with Crippen LogP contribution in [0.1, 0.15) is 11.3 Å². The van der Waals surface area contributed by atoms with E-state index in [0.29, 0.717) is 29.5 Å². The van der Waals surface area contributed by atoms with Crippen LogP contribution in [-0.4, -0.2) is 25.1 Å². The van der Waals surface area contributed by atoms with Crippen LogP contribution in [-0.2, 0) is 11.4 Å². The smallest absolute Gasteiger partial charge is 0.248 e. The molecule has 2 aromatic carbocycles. The first-order chi connectivity index (χ1) is 14.2. The minimum Gasteiger partial charge on any atom is -0.497 e. The fraction of sp³-hybridized carbons (Fsp3) is 0.130. The molecule has 0 aliphatic rings. The highest BCUT2D eigenvalue weighted by Crippen LogP contribution is 2.25. The summed E-state index contributed by atoms with van der Waals surface area (Å²) in [7, 11) is 3.17. The average molecular weight is 390 g/mol. The molecular formula is C23H22N2O4. The maximum absolute atomic E-state index is 12.3. The van der Waals surface area contributed by atoms with Gasteiger partial charge in [-0.2, -0.15) is 0 Å². The van der Waals surface area contributed by atoms with E-state index in [-0.39, 0.29) is 5.91 Å². The fourth-order valence-corrected chi connectivity index (χ4v) is 2.62. The number of carbonyl (C=O) groups is 1. The third kappa shape index (κ3) is 5.84. The van der Waals surface area contributed by atoms with Crippen LogP contribution in [0.25, 0.3) is 6.08 Å². The summed E-state index contributed by atoms with van der Waals surface area (Å²) in [6.07, 6.45) is 4.84. The van der Waals surface area contributed by atoms with Crippen molar-refractivity contribution in [1.29, 1.82) is 0 Å². The van der Waals surface area contributed by atoms with Crippen molar-refractivity contribution in [3.63, 3.8) is 0 Å². The number of pyridine rings is 1. The zero-order chi connectivity index (χ0) is 20.5. The number of methoxy groups -OCH3 is 2. The molecule has 3 aromatic rings. The predicted octanol–water partition coefficient (Wildman–Crippen LogP) is 4.33. The van der Waals surface area contributed by atoms with Crippen molar-refractivity contribution >= 4 is 17.7 Å². The largest absolute Gasteiger partial charge is 0.497 e. The maximum Gasteiger partial charge on any atom is 0.248 e. The van der Waals surface area contributed by atoms with E-state index in [2.05, 4.69) is 10.3 Å². The standard InChI is InChI=1S/C23H22N2O4/c1-27-20-10-11-22(28-2)17(14-20)9-12-23(26)25-18-7-5-8-21(15-18)29-16-19-6-3-4-13-24-19/h3-15H,16H2,1-2H3,(H,25,26)/b12-9+. The molecule has 148 valence electrons. The molecule has 1 amide bonds. The van der Waals surface area contributed by atoms with Crippen LogP contribution >= 0.6 is 0 Å². The van der Waals surface area contributed by atoms with Gasteiger partial charge in [0.2, 0.25) is 5.91 Å². The highest BCUT2D eigenvalue weighted by molar-refractivity contribution is 6.02. The molecule has 3 rings (SSSR count). The molecule has 1 aromatic heterocycles. The molecule has 0 atom stereocenters. The van der Waals surface area contributed by atoms with E-state index in [9.17, 15) is 4.79 Å². The molecular weight excluding hydrogens is 368 g/mol. The van der Waals surface area contributed by atoms with Crippen molar-refractivity contribution < 1.29 is 19.0 Å². The van der Waals surface area contributed by atoms with Crippen molar-refractivity contribution in [3.05, 3.63) is 84.2 Å². The summed E-state index contributed by atoms with van der Waals surface area (Å²) in [5.41, 5.74) is 2.21. The molecule has 0 aliphatic heterocycles. The average Bonchev–Trinajstić information content (AvgIpc) is 2.77. The van der Waals surface area contributed by atoms with E-state index in [1.165, 1.54) is 6.08 Å². The molecule has 0 saturated heterocycles. The second-order valence-electron chi connectivity index (χ2n) is 6.07. The Bertz CT molecular complexity index is 987. The van der Waals surface area contributed by atoms with E-state index >= 15 is 0 Å². The van der Waals surface area contributed by atoms with Crippen molar-refractivity contribution in [2.75, 3.05) is 19.5 Å². The molecule has 1 heterocycles. The minimum absolute atomic E-state index is 0.267. The molecule has 0 aliphatic carbocycles. The van der Waals surface area contributed by atoms with E-state index in [1.807, 2.05) is 30.3 Å². The molecule has 0 radical (unpaired) electrons. The summed E-state index contributed by atoms with van der Waals surface area (Å²) < 4.78 is 16.3. The zero-order valence-electron chi connectivity index (χ0n) is 16.3. The number of aromatic nitrogens is 1. The Labute approximate surface area is 169 Å². The molecule has 0 spiro atoms. The molecule has 0 bridgehead atoms. The summed E-state index contributed by atoms with van der Waals surface area (Å²) in [5, 5.41) is 2.82. The summed E-state index contributed by atoms with van der Waals surface area (Å²) in [5.74, 6) is 1.71. The highest BCUT2D eigenvalue weighted by Gasteiger charge is 2.04. The Morgan fingerprint density at radius 2 is 1.90 bits per heavy atom. The summed E-state index contributed by atoms with van der Waals surface area (Å²) >= 11 is 0. The zero-order valence-corrected chi connectivity index (χ0v) is 16.3. The van der Waals surface area contributed by atoms with Gasteiger partial charge in [0.25, 0.3) is 0 Å². The van der Waals surface area contributed by atoms with E-state index in [4.69, 9.17) is 14.2 Å². The fourth-order valence-electron chi connectivity index (χ4n) is 2.62. The van der Waals surface area contributed by atoms with Gasteiger partial charge >= 0.3 is 0 Å². The van der Waals surface area contributed by atoms with Crippen LogP contribution in [0, 0.1) is 0 Å². The van der Waals surface area contributed by atoms with Crippen LogP contribution in [0.3, 0.4) is 0 Å². The number of nitrogens with one attached hydrogen (secondary N) is 1. The number of amides is 1. The molecule has 0 saturated carbocycles. The maximum atomic E-state index is 12.3. The Kier molecular flexibility index (Phi) is 6.84. The van der Waals surface area contributed by atoms with Crippen LogP contribution in [0.4, 0.5) is 5.69 Å². The summed E-state index contributed by atoms with van der Waals surface area (Å²) in [6.45, 7) is 0.355. The molecule has 1 N–H and O–H groups in total. The Morgan fingerprint density at radius 3 is 2.66 bits per heavy atom. The van der Waals surface area contributed by atoms with Gasteiger partial charge in [-0.15, -0.1) is 0 Å². The lowest BCUT2D eigenvalue weighted by Crippen LogP contribution is -2.08. The summed E-state index contributed by atoms with van der Waals surface area (Å²) in [6, 6.07) is 18.3. The third-order valence-corrected chi connectivity index (χ3v) is 4.07. The minimum atomic E-state index is -0.267. The summed E-state index contributed by atoms with van der Waals surface area (Å²) in [4.78, 5) is 16.5. The number of carbonyl (C=O) groups excluding carboxylic acids is 1. The first kappa shape index (κ1) is 19.9. The highest BCUT2D eigenvalue weighted by atomic mass is 16.5. The number of nitrogens with zero attached hydrogens (tertiary/aromatic N) is 1. The van der Waals surface area contributed by atoms with Crippen molar-refractivity contribution in [1.82, 2.24) is 4.98 Å². The number of hydrogen-bond acceptors (Lipinski definition) is 5. The lowest BCUT2D eigenvalue weighted by Gasteiger charge is -2.09. The normalized spacial score (nSPS) is 10.6. The van der Waals surface area contributed by atoms with Crippen molar-refractivity contribution in [3.8, 4) is 17.2 Å². The molecule has 6 heteroatoms. The van der Waals surface area contributed by atoms with E-state index < -0.39 is 0 Å². The van der Waals surface area contributed by atoms with Gasteiger partial charge in [0.05, 0.1) is 19.9 Å². The van der Waals surface area contributed by atoms with Gasteiger partial charge in [-0.3, -0.25) is 9.78 Å². The second kappa shape index (κ2) is 9.94. The van der Waals surface area contributed by atoms with Crippen LogP contribution in [0.15, 0.2) is 72.9 Å². The Balaban J connectivity index is 1.63. The first-order valence-electron chi connectivity index (χ1n) is 9.02. The lowest BCUT2D eigenvalue weighted by atomic mass is 10.1. The van der Waals surface area contributed by atoms with Gasteiger partial charge in [-0.25, -0.2) is 0 Å². The number of benzene rings is 2. The quantitative estimate of drug-likeness (QED) is 0.580. The SMILES string of the molecule is COc1ccc(OC)c(/C=C/C(=O)Nc2cccc(OCc3ccccn3)c2)c1. The van der Waals surface area contributed by atoms with E-state index in [0.717, 1.165) is 11.3 Å². The molecule has 0 fully saturated rings. The number of anilines is 1. The van der Waals surface area contributed by atoms with Gasteiger partial charge in [0.15, 0.2) is 0 Å². The van der Waals surface area contributed by atoms with Crippen molar-refractivity contribution in [2.45, 2.75) is 6.61 Å². The topological polar surface area (TPSA) is 69.7 Å². The lowest BCUT2D eigenvalue weighted by molar-refractivity contribution is -0.111. The van der Waals surface area contributed by atoms with Crippen molar-refractivity contribution in [2.24, 2.45) is 0 Å². The Hall–Kier alpha value is -3.80. The van der Waals surface area contributed by atoms with Gasteiger partial charge in [-0.1, -0.05) is 12.1 Å². The number of ether oxygens (including phenoxy) is 3.